The summed E-state index contributed by atoms with van der Waals surface area (Å²) in [6.45, 7) is 5.95. The van der Waals surface area contributed by atoms with E-state index in [9.17, 15) is 4.79 Å². The van der Waals surface area contributed by atoms with Gasteiger partial charge in [0.25, 0.3) is 5.91 Å². The zero-order chi connectivity index (χ0) is 14.0. The first kappa shape index (κ1) is 13.1. The molecule has 0 radical (unpaired) electrons. The summed E-state index contributed by atoms with van der Waals surface area (Å²) in [7, 11) is 0. The van der Waals surface area contributed by atoms with Gasteiger partial charge in [-0.25, -0.2) is 0 Å². The SMILES string of the molecule is Cc1ccc(NC(=O)c2ccc(N)cc2C)cc1C. The minimum absolute atomic E-state index is 0.110. The minimum atomic E-state index is -0.110. The maximum absolute atomic E-state index is 12.2. The van der Waals surface area contributed by atoms with Crippen molar-refractivity contribution in [1.29, 1.82) is 0 Å². The Bertz CT molecular complexity index is 633. The monoisotopic (exact) mass is 254 g/mol. The number of nitrogen functional groups attached to an aromatic ring is 1. The average Bonchev–Trinajstić information content (AvgIpc) is 2.33. The molecule has 0 saturated carbocycles. The van der Waals surface area contributed by atoms with Crippen LogP contribution in [0.25, 0.3) is 0 Å². The number of hydrogen-bond acceptors (Lipinski definition) is 2. The third-order valence-corrected chi connectivity index (χ3v) is 3.26. The highest BCUT2D eigenvalue weighted by Crippen LogP contribution is 2.17. The van der Waals surface area contributed by atoms with Gasteiger partial charge in [-0.15, -0.1) is 0 Å². The van der Waals surface area contributed by atoms with Crippen LogP contribution in [0.3, 0.4) is 0 Å². The van der Waals surface area contributed by atoms with E-state index in [4.69, 9.17) is 5.73 Å². The fourth-order valence-corrected chi connectivity index (χ4v) is 1.96. The largest absolute Gasteiger partial charge is 0.399 e. The molecule has 0 fully saturated rings. The van der Waals surface area contributed by atoms with Gasteiger partial charge in [-0.1, -0.05) is 6.07 Å². The molecule has 0 atom stereocenters. The number of carbonyl (C=O) groups is 1. The summed E-state index contributed by atoms with van der Waals surface area (Å²) in [5.74, 6) is -0.110. The number of carbonyl (C=O) groups excluding carboxylic acids is 1. The molecule has 98 valence electrons. The van der Waals surface area contributed by atoms with Crippen LogP contribution in [0, 0.1) is 20.8 Å². The molecule has 0 spiro atoms. The van der Waals surface area contributed by atoms with Crippen molar-refractivity contribution >= 4 is 17.3 Å². The molecule has 0 aliphatic heterocycles. The summed E-state index contributed by atoms with van der Waals surface area (Å²) in [6, 6.07) is 11.2. The van der Waals surface area contributed by atoms with E-state index in [1.807, 2.05) is 39.0 Å². The lowest BCUT2D eigenvalue weighted by Crippen LogP contribution is -2.13. The van der Waals surface area contributed by atoms with Crippen LogP contribution >= 0.6 is 0 Å². The molecule has 0 bridgehead atoms. The molecule has 0 unspecified atom stereocenters. The first-order valence-corrected chi connectivity index (χ1v) is 6.22. The summed E-state index contributed by atoms with van der Waals surface area (Å²) in [5.41, 5.74) is 11.1. The number of nitrogens with one attached hydrogen (secondary N) is 1. The molecule has 0 heterocycles. The molecule has 2 aromatic rings. The van der Waals surface area contributed by atoms with Gasteiger partial charge in [0.15, 0.2) is 0 Å². The molecule has 1 amide bonds. The van der Waals surface area contributed by atoms with E-state index in [2.05, 4.69) is 5.32 Å². The van der Waals surface area contributed by atoms with Crippen molar-refractivity contribution < 1.29 is 4.79 Å². The number of aryl methyl sites for hydroxylation is 3. The van der Waals surface area contributed by atoms with E-state index < -0.39 is 0 Å². The third-order valence-electron chi connectivity index (χ3n) is 3.26. The Balaban J connectivity index is 2.23. The van der Waals surface area contributed by atoms with Gasteiger partial charge in [0.1, 0.15) is 0 Å². The average molecular weight is 254 g/mol. The van der Waals surface area contributed by atoms with Gasteiger partial charge in [0.05, 0.1) is 0 Å². The van der Waals surface area contributed by atoms with E-state index in [0.717, 1.165) is 16.8 Å². The Morgan fingerprint density at radius 2 is 1.68 bits per heavy atom. The zero-order valence-corrected chi connectivity index (χ0v) is 11.4. The molecular formula is C16H18N2O. The Hall–Kier alpha value is -2.29. The molecule has 0 aliphatic rings. The quantitative estimate of drug-likeness (QED) is 0.806. The summed E-state index contributed by atoms with van der Waals surface area (Å²) in [5, 5.41) is 2.91. The van der Waals surface area contributed by atoms with Crippen molar-refractivity contribution in [3.05, 3.63) is 58.7 Å². The first-order chi connectivity index (χ1) is 8.97. The standard InChI is InChI=1S/C16H18N2O/c1-10-4-6-14(9-11(10)2)18-16(19)15-7-5-13(17)8-12(15)3/h4-9H,17H2,1-3H3,(H,18,19). The van der Waals surface area contributed by atoms with Gasteiger partial charge in [0, 0.05) is 16.9 Å². The minimum Gasteiger partial charge on any atom is -0.399 e. The topological polar surface area (TPSA) is 55.1 Å². The highest BCUT2D eigenvalue weighted by Gasteiger charge is 2.09. The van der Waals surface area contributed by atoms with E-state index in [1.165, 1.54) is 5.56 Å². The van der Waals surface area contributed by atoms with Crippen LogP contribution in [0.4, 0.5) is 11.4 Å². The number of hydrogen-bond donors (Lipinski definition) is 2. The predicted molar refractivity (Wildman–Crippen MR) is 79.5 cm³/mol. The number of amides is 1. The van der Waals surface area contributed by atoms with Crippen LogP contribution in [0.15, 0.2) is 36.4 Å². The second kappa shape index (κ2) is 5.14. The summed E-state index contributed by atoms with van der Waals surface area (Å²) in [6.07, 6.45) is 0. The van der Waals surface area contributed by atoms with Crippen LogP contribution in [0.1, 0.15) is 27.0 Å². The van der Waals surface area contributed by atoms with Crippen LogP contribution in [-0.4, -0.2) is 5.91 Å². The van der Waals surface area contributed by atoms with Crippen molar-refractivity contribution in [3.8, 4) is 0 Å². The Labute approximate surface area is 113 Å². The normalized spacial score (nSPS) is 10.3. The number of nitrogens with two attached hydrogens (primary N) is 1. The number of anilines is 2. The van der Waals surface area contributed by atoms with Crippen LogP contribution in [0.2, 0.25) is 0 Å². The smallest absolute Gasteiger partial charge is 0.255 e. The van der Waals surface area contributed by atoms with Gasteiger partial charge in [0.2, 0.25) is 0 Å². The van der Waals surface area contributed by atoms with Gasteiger partial charge < -0.3 is 11.1 Å². The second-order valence-electron chi connectivity index (χ2n) is 4.83. The summed E-state index contributed by atoms with van der Waals surface area (Å²) >= 11 is 0. The maximum atomic E-state index is 12.2. The van der Waals surface area contributed by atoms with Crippen LogP contribution < -0.4 is 11.1 Å². The highest BCUT2D eigenvalue weighted by molar-refractivity contribution is 6.05. The fraction of sp³-hybridized carbons (Fsp3) is 0.188. The van der Waals surface area contributed by atoms with E-state index in [-0.39, 0.29) is 5.91 Å². The molecule has 3 heteroatoms. The van der Waals surface area contributed by atoms with Gasteiger partial charge in [-0.05, 0) is 67.8 Å². The first-order valence-electron chi connectivity index (χ1n) is 6.22. The van der Waals surface area contributed by atoms with Crippen LogP contribution in [-0.2, 0) is 0 Å². The van der Waals surface area contributed by atoms with Crippen molar-refractivity contribution in [3.63, 3.8) is 0 Å². The molecule has 19 heavy (non-hydrogen) atoms. The van der Waals surface area contributed by atoms with Gasteiger partial charge in [-0.3, -0.25) is 4.79 Å². The van der Waals surface area contributed by atoms with Crippen molar-refractivity contribution in [1.82, 2.24) is 0 Å². The Morgan fingerprint density at radius 1 is 0.947 bits per heavy atom. The predicted octanol–water partition coefficient (Wildman–Crippen LogP) is 3.45. The van der Waals surface area contributed by atoms with Crippen molar-refractivity contribution in [2.45, 2.75) is 20.8 Å². The molecule has 0 aliphatic carbocycles. The zero-order valence-electron chi connectivity index (χ0n) is 11.4. The highest BCUT2D eigenvalue weighted by atomic mass is 16.1. The lowest BCUT2D eigenvalue weighted by atomic mass is 10.1. The third kappa shape index (κ3) is 2.94. The van der Waals surface area contributed by atoms with E-state index in [1.54, 1.807) is 18.2 Å². The number of rotatable bonds is 2. The fourth-order valence-electron chi connectivity index (χ4n) is 1.96. The lowest BCUT2D eigenvalue weighted by Gasteiger charge is -2.10. The van der Waals surface area contributed by atoms with Crippen molar-refractivity contribution in [2.75, 3.05) is 11.1 Å². The van der Waals surface area contributed by atoms with E-state index in [0.29, 0.717) is 11.3 Å². The lowest BCUT2D eigenvalue weighted by molar-refractivity contribution is 0.102. The molecule has 0 aromatic heterocycles. The number of benzene rings is 2. The summed E-state index contributed by atoms with van der Waals surface area (Å²) in [4.78, 5) is 12.2. The Kier molecular flexibility index (Phi) is 3.56. The van der Waals surface area contributed by atoms with E-state index >= 15 is 0 Å². The molecule has 0 saturated heterocycles. The summed E-state index contributed by atoms with van der Waals surface area (Å²) < 4.78 is 0. The van der Waals surface area contributed by atoms with Crippen LogP contribution in [0.5, 0.6) is 0 Å². The molecule has 3 nitrogen and oxygen atoms in total. The Morgan fingerprint density at radius 3 is 2.32 bits per heavy atom. The van der Waals surface area contributed by atoms with Crippen molar-refractivity contribution in [2.24, 2.45) is 0 Å². The van der Waals surface area contributed by atoms with Gasteiger partial charge >= 0.3 is 0 Å². The molecule has 2 aromatic carbocycles. The molecule has 2 rings (SSSR count). The second-order valence-corrected chi connectivity index (χ2v) is 4.83. The molecular weight excluding hydrogens is 236 g/mol. The van der Waals surface area contributed by atoms with Gasteiger partial charge in [-0.2, -0.15) is 0 Å². The molecule has 3 N–H and O–H groups in total. The maximum Gasteiger partial charge on any atom is 0.255 e.